The first kappa shape index (κ1) is 39.6. The molecule has 0 unspecified atom stereocenters. The van der Waals surface area contributed by atoms with Crippen LogP contribution in [0.5, 0.6) is 23.0 Å². The largest absolute Gasteiger partial charge is 0.448 e. The molecule has 292 valence electrons. The van der Waals surface area contributed by atoms with Gasteiger partial charge in [0, 0.05) is 23.2 Å². The van der Waals surface area contributed by atoms with Crippen molar-refractivity contribution in [2.24, 2.45) is 0 Å². The van der Waals surface area contributed by atoms with Crippen molar-refractivity contribution in [3.63, 3.8) is 0 Å². The summed E-state index contributed by atoms with van der Waals surface area (Å²) in [5.74, 6) is -2.54. The van der Waals surface area contributed by atoms with Crippen molar-refractivity contribution in [2.45, 2.75) is 10.3 Å². The molecule has 58 heavy (non-hydrogen) atoms. The number of halogens is 4. The highest BCUT2D eigenvalue weighted by Crippen LogP contribution is 2.28. The number of nitrogens with zero attached hydrogens (tertiary/aromatic N) is 6. The van der Waals surface area contributed by atoms with Crippen LogP contribution in [-0.4, -0.2) is 42.4 Å². The molecule has 0 fully saturated rings. The molecule has 0 radical (unpaired) electrons. The van der Waals surface area contributed by atoms with Crippen LogP contribution in [0.3, 0.4) is 0 Å². The van der Waals surface area contributed by atoms with Gasteiger partial charge in [-0.3, -0.25) is 18.7 Å². The van der Waals surface area contributed by atoms with E-state index in [4.69, 9.17) is 13.8 Å². The van der Waals surface area contributed by atoms with Gasteiger partial charge in [-0.1, -0.05) is 36.0 Å². The van der Waals surface area contributed by atoms with Gasteiger partial charge in [0.05, 0.1) is 18.5 Å². The number of fused-ring (bicyclic) bond motifs is 2. The van der Waals surface area contributed by atoms with Crippen LogP contribution in [0.1, 0.15) is 0 Å². The van der Waals surface area contributed by atoms with Crippen molar-refractivity contribution < 1.29 is 36.3 Å². The lowest BCUT2D eigenvalue weighted by molar-refractivity contribution is -0.160. The Labute approximate surface area is 333 Å². The summed E-state index contributed by atoms with van der Waals surface area (Å²) in [5.41, 5.74) is 0.156. The van der Waals surface area contributed by atoms with Crippen LogP contribution in [0.2, 0.25) is 0 Å². The first-order valence-electron chi connectivity index (χ1n) is 16.8. The van der Waals surface area contributed by atoms with Crippen LogP contribution < -0.4 is 20.6 Å². The Kier molecular flexibility index (Phi) is 12.1. The molecule has 8 aromatic rings. The standard InChI is InChI=1S/C20H13F2N3O4S.C20H13F2N3O2S/c1-27-29-30-20-23-11-12-10-17(28-16-5-3-2-4-15(16)22)19(26)25(18(12)24-20)14-8-6-13(21)7-9-14;1-28-20-23-11-12-10-17(27-16-5-3-2-4-15(16)22)19(26)25(18(12)24-20)14-8-6-13(21)7-9-14/h2-11H,1H3;2-11H,1H3. The predicted octanol–water partition coefficient (Wildman–Crippen LogP) is 9.01. The normalized spacial score (nSPS) is 11.0. The number of para-hydroxylation sites is 2. The molecule has 0 bridgehead atoms. The van der Waals surface area contributed by atoms with E-state index in [2.05, 4.69) is 24.8 Å². The van der Waals surface area contributed by atoms with Gasteiger partial charge in [-0.15, -0.1) is 0 Å². The fraction of sp³-hybridized carbons (Fsp3) is 0.0500. The van der Waals surface area contributed by atoms with Gasteiger partial charge >= 0.3 is 0 Å². The van der Waals surface area contributed by atoms with E-state index < -0.39 is 34.4 Å². The van der Waals surface area contributed by atoms with Gasteiger partial charge in [-0.25, -0.2) is 42.4 Å². The summed E-state index contributed by atoms with van der Waals surface area (Å²) in [6.45, 7) is 0. The van der Waals surface area contributed by atoms with Crippen LogP contribution in [0, 0.1) is 23.3 Å². The molecule has 0 spiro atoms. The molecule has 0 aliphatic carbocycles. The van der Waals surface area contributed by atoms with Crippen molar-refractivity contribution in [1.82, 2.24) is 29.1 Å². The predicted molar refractivity (Wildman–Crippen MR) is 209 cm³/mol. The van der Waals surface area contributed by atoms with E-state index in [9.17, 15) is 27.2 Å². The first-order valence-corrected chi connectivity index (χ1v) is 18.7. The number of hydrogen-bond acceptors (Lipinski definition) is 12. The number of hydrogen-bond donors (Lipinski definition) is 0. The maximum Gasteiger partial charge on any atom is 0.299 e. The quantitative estimate of drug-likeness (QED) is 0.0326. The Bertz CT molecular complexity index is 2880. The minimum atomic E-state index is -0.620. The van der Waals surface area contributed by atoms with E-state index in [1.165, 1.54) is 131 Å². The number of rotatable bonds is 10. The monoisotopic (exact) mass is 826 g/mol. The molecule has 0 saturated carbocycles. The second kappa shape index (κ2) is 17.7. The Morgan fingerprint density at radius 1 is 0.569 bits per heavy atom. The van der Waals surface area contributed by atoms with Crippen LogP contribution in [0.15, 0.2) is 141 Å². The maximum atomic E-state index is 14.0. The number of thioether (sulfide) groups is 1. The van der Waals surface area contributed by atoms with Crippen LogP contribution in [0.25, 0.3) is 33.4 Å². The number of ether oxygens (including phenoxy) is 2. The van der Waals surface area contributed by atoms with E-state index in [0.717, 1.165) is 12.0 Å². The fourth-order valence-corrected chi connectivity index (χ4v) is 6.10. The van der Waals surface area contributed by atoms with Crippen molar-refractivity contribution in [3.8, 4) is 34.4 Å². The van der Waals surface area contributed by atoms with E-state index in [-0.39, 0.29) is 33.8 Å². The smallest absolute Gasteiger partial charge is 0.299 e. The molecule has 0 saturated heterocycles. The zero-order valence-electron chi connectivity index (χ0n) is 30.0. The summed E-state index contributed by atoms with van der Waals surface area (Å²) in [7, 11) is 1.33. The van der Waals surface area contributed by atoms with E-state index in [1.807, 2.05) is 6.26 Å². The number of benzene rings is 4. The van der Waals surface area contributed by atoms with Crippen molar-refractivity contribution in [3.05, 3.63) is 166 Å². The summed E-state index contributed by atoms with van der Waals surface area (Å²) >= 11 is 2.08. The first-order chi connectivity index (χ1) is 28.1. The average Bonchev–Trinajstić information content (AvgIpc) is 3.23. The van der Waals surface area contributed by atoms with E-state index in [1.54, 1.807) is 18.3 Å². The molecule has 0 N–H and O–H groups in total. The maximum absolute atomic E-state index is 14.0. The summed E-state index contributed by atoms with van der Waals surface area (Å²) in [5, 5.41) is 1.62. The zero-order valence-corrected chi connectivity index (χ0v) is 31.6. The van der Waals surface area contributed by atoms with Gasteiger partial charge in [0.25, 0.3) is 11.1 Å². The van der Waals surface area contributed by atoms with Crippen molar-refractivity contribution in [1.29, 1.82) is 0 Å². The molecular formula is C40H26F4N6O6S2. The highest BCUT2D eigenvalue weighted by Gasteiger charge is 2.19. The molecular weight excluding hydrogens is 801 g/mol. The molecule has 4 heterocycles. The second-order valence-corrected chi connectivity index (χ2v) is 13.1. The van der Waals surface area contributed by atoms with Gasteiger partial charge in [-0.05, 0) is 91.2 Å². The van der Waals surface area contributed by atoms with Gasteiger partial charge in [0.1, 0.15) is 23.7 Å². The van der Waals surface area contributed by atoms with E-state index in [0.29, 0.717) is 33.0 Å². The van der Waals surface area contributed by atoms with Gasteiger partial charge in [0.15, 0.2) is 51.1 Å². The Morgan fingerprint density at radius 2 is 1.00 bits per heavy atom. The lowest BCUT2D eigenvalue weighted by atomic mass is 10.2. The number of pyridine rings is 2. The summed E-state index contributed by atoms with van der Waals surface area (Å²) in [6.07, 6.45) is 4.83. The lowest BCUT2D eigenvalue weighted by Crippen LogP contribution is -2.21. The van der Waals surface area contributed by atoms with Crippen LogP contribution in [0.4, 0.5) is 17.6 Å². The molecule has 0 atom stereocenters. The van der Waals surface area contributed by atoms with Crippen LogP contribution >= 0.6 is 23.8 Å². The highest BCUT2D eigenvalue weighted by molar-refractivity contribution is 7.98. The lowest BCUT2D eigenvalue weighted by Gasteiger charge is -2.13. The molecule has 0 amide bonds. The second-order valence-electron chi connectivity index (χ2n) is 11.7. The Morgan fingerprint density at radius 3 is 1.43 bits per heavy atom. The zero-order chi connectivity index (χ0) is 40.8. The van der Waals surface area contributed by atoms with E-state index >= 15 is 0 Å². The average molecular weight is 827 g/mol. The molecule has 4 aromatic carbocycles. The Balaban J connectivity index is 0.000000177. The topological polar surface area (TPSA) is 132 Å². The Hall–Kier alpha value is -6.60. The minimum Gasteiger partial charge on any atom is -0.448 e. The van der Waals surface area contributed by atoms with Crippen molar-refractivity contribution >= 4 is 45.9 Å². The molecule has 0 aliphatic rings. The third-order valence-electron chi connectivity index (χ3n) is 8.01. The van der Waals surface area contributed by atoms with Gasteiger partial charge in [0.2, 0.25) is 5.16 Å². The highest BCUT2D eigenvalue weighted by atomic mass is 32.2. The third kappa shape index (κ3) is 8.69. The third-order valence-corrected chi connectivity index (χ3v) is 9.13. The summed E-state index contributed by atoms with van der Waals surface area (Å²) in [4.78, 5) is 48.0. The summed E-state index contributed by atoms with van der Waals surface area (Å²) in [6, 6.07) is 25.1. The SMILES string of the molecule is COOSc1ncc2cc(Oc3ccccc3F)c(=O)n(-c3ccc(F)cc3)c2n1.CSc1ncc2cc(Oc3ccccc3F)c(=O)n(-c3ccc(F)cc3)c2n1. The van der Waals surface area contributed by atoms with Gasteiger partial charge in [-0.2, -0.15) is 4.33 Å². The minimum absolute atomic E-state index is 0.0775. The molecule has 12 nitrogen and oxygen atoms in total. The van der Waals surface area contributed by atoms with Crippen LogP contribution in [-0.2, 0) is 9.22 Å². The molecule has 0 aliphatic heterocycles. The molecule has 18 heteroatoms. The van der Waals surface area contributed by atoms with Crippen molar-refractivity contribution in [2.75, 3.05) is 13.4 Å². The molecule has 4 aromatic heterocycles. The molecule has 8 rings (SSSR count). The fourth-order valence-electron chi connectivity index (χ4n) is 5.41. The summed E-state index contributed by atoms with van der Waals surface area (Å²) < 4.78 is 73.2. The van der Waals surface area contributed by atoms with Gasteiger partial charge < -0.3 is 9.47 Å². The number of aromatic nitrogens is 6.